The summed E-state index contributed by atoms with van der Waals surface area (Å²) in [6.07, 6.45) is 11.0. The van der Waals surface area contributed by atoms with Crippen molar-refractivity contribution in [3.05, 3.63) is 74.2 Å². The van der Waals surface area contributed by atoms with E-state index in [-0.39, 0.29) is 29.4 Å². The minimum absolute atomic E-state index is 0.137. The highest BCUT2D eigenvalue weighted by atomic mass is 79.9. The average Bonchev–Trinajstić information content (AvgIpc) is 3.53. The summed E-state index contributed by atoms with van der Waals surface area (Å²) in [6, 6.07) is 7.49. The van der Waals surface area contributed by atoms with Crippen LogP contribution in [0.15, 0.2) is 46.8 Å². The summed E-state index contributed by atoms with van der Waals surface area (Å²) in [5, 5.41) is 13.7. The Balaban J connectivity index is 1.29. The van der Waals surface area contributed by atoms with E-state index in [1.807, 2.05) is 18.5 Å². The Morgan fingerprint density at radius 2 is 1.91 bits per heavy atom. The number of piperazine rings is 1. The third-order valence-electron chi connectivity index (χ3n) is 9.62. The molecule has 1 aromatic carbocycles. The number of nitrogens with one attached hydrogen (secondary N) is 4. The Labute approximate surface area is 273 Å². The van der Waals surface area contributed by atoms with Crippen molar-refractivity contribution in [2.24, 2.45) is 5.41 Å². The van der Waals surface area contributed by atoms with Crippen LogP contribution in [0, 0.1) is 5.41 Å². The first-order valence-corrected chi connectivity index (χ1v) is 17.1. The number of fused-ring (bicyclic) bond motifs is 2. The van der Waals surface area contributed by atoms with Gasteiger partial charge in [0.15, 0.2) is 0 Å². The summed E-state index contributed by atoms with van der Waals surface area (Å²) >= 11 is 10.1. The van der Waals surface area contributed by atoms with Crippen molar-refractivity contribution in [2.45, 2.75) is 76.9 Å². The molecule has 3 amide bonds. The van der Waals surface area contributed by atoms with Crippen LogP contribution in [0.5, 0.6) is 0 Å². The molecule has 4 N–H and O–H groups in total. The number of benzene rings is 1. The van der Waals surface area contributed by atoms with Gasteiger partial charge in [0.05, 0.1) is 18.4 Å². The predicted molar refractivity (Wildman–Crippen MR) is 176 cm³/mol. The number of carbonyl (C=O) groups is 2. The molecule has 2 aromatic rings. The van der Waals surface area contributed by atoms with Crippen LogP contribution in [-0.4, -0.2) is 71.7 Å². The minimum atomic E-state index is -0.648. The minimum Gasteiger partial charge on any atom is -0.372 e. The van der Waals surface area contributed by atoms with E-state index in [0.29, 0.717) is 37.9 Å². The van der Waals surface area contributed by atoms with Crippen LogP contribution in [-0.2, 0) is 17.6 Å². The van der Waals surface area contributed by atoms with Crippen LogP contribution < -0.4 is 21.3 Å². The fourth-order valence-electron chi connectivity index (χ4n) is 7.10. The van der Waals surface area contributed by atoms with Crippen LogP contribution in [0.3, 0.4) is 0 Å². The Hall–Kier alpha value is -2.82. The number of amides is 3. The molecule has 11 heteroatoms. The third kappa shape index (κ3) is 6.72. The normalized spacial score (nSPS) is 22.5. The molecule has 2 atom stereocenters. The molecule has 236 valence electrons. The Morgan fingerprint density at radius 1 is 1.11 bits per heavy atom. The molecule has 6 rings (SSSR count). The Kier molecular flexibility index (Phi) is 9.40. The average molecular weight is 685 g/mol. The van der Waals surface area contributed by atoms with Crippen molar-refractivity contribution in [3.63, 3.8) is 0 Å². The highest BCUT2D eigenvalue weighted by Crippen LogP contribution is 2.38. The van der Waals surface area contributed by atoms with Crippen molar-refractivity contribution in [2.75, 3.05) is 32.8 Å². The molecular weight excluding hydrogens is 642 g/mol. The highest BCUT2D eigenvalue weighted by molar-refractivity contribution is 9.10. The Bertz CT molecular complexity index is 1370. The molecule has 2 aliphatic heterocycles. The maximum absolute atomic E-state index is 14.1. The molecule has 44 heavy (non-hydrogen) atoms. The van der Waals surface area contributed by atoms with E-state index in [1.54, 1.807) is 4.90 Å². The molecule has 0 bridgehead atoms. The summed E-state index contributed by atoms with van der Waals surface area (Å²) in [5.74, 6) is -0.137. The molecule has 1 saturated heterocycles. The quantitative estimate of drug-likeness (QED) is 0.348. The third-order valence-corrected chi connectivity index (χ3v) is 10.3. The van der Waals surface area contributed by atoms with E-state index in [9.17, 15) is 9.59 Å². The smallest absolute Gasteiger partial charge is 0.318 e. The lowest BCUT2D eigenvalue weighted by Crippen LogP contribution is -2.64. The molecule has 0 radical (unpaired) electrons. The lowest BCUT2D eigenvalue weighted by atomic mass is 9.89. The van der Waals surface area contributed by atoms with Crippen molar-refractivity contribution < 1.29 is 9.59 Å². The molecule has 2 fully saturated rings. The maximum atomic E-state index is 14.1. The van der Waals surface area contributed by atoms with Crippen molar-refractivity contribution in [1.82, 2.24) is 36.1 Å². The largest absolute Gasteiger partial charge is 0.372 e. The monoisotopic (exact) mass is 683 g/mol. The van der Waals surface area contributed by atoms with Gasteiger partial charge in [0.2, 0.25) is 5.91 Å². The molecule has 0 spiro atoms. The first kappa shape index (κ1) is 31.2. The maximum Gasteiger partial charge on any atom is 0.318 e. The zero-order chi connectivity index (χ0) is 30.8. The summed E-state index contributed by atoms with van der Waals surface area (Å²) in [6.45, 7) is 6.81. The van der Waals surface area contributed by atoms with Gasteiger partial charge in [0.1, 0.15) is 6.04 Å². The van der Waals surface area contributed by atoms with Crippen molar-refractivity contribution >= 4 is 39.5 Å². The molecule has 4 aliphatic rings. The highest BCUT2D eigenvalue weighted by Gasteiger charge is 2.41. The summed E-state index contributed by atoms with van der Waals surface area (Å²) in [5.41, 5.74) is 5.30. The van der Waals surface area contributed by atoms with Gasteiger partial charge in [0.25, 0.3) is 0 Å². The molecule has 1 aromatic heterocycles. The number of pyridine rings is 1. The van der Waals surface area contributed by atoms with E-state index < -0.39 is 6.04 Å². The summed E-state index contributed by atoms with van der Waals surface area (Å²) in [4.78, 5) is 36.9. The summed E-state index contributed by atoms with van der Waals surface area (Å²) in [7, 11) is 0. The van der Waals surface area contributed by atoms with Gasteiger partial charge >= 0.3 is 6.03 Å². The predicted octanol–water partition coefficient (Wildman–Crippen LogP) is 4.85. The van der Waals surface area contributed by atoms with Gasteiger partial charge < -0.3 is 26.2 Å². The van der Waals surface area contributed by atoms with Gasteiger partial charge in [-0.05, 0) is 76.5 Å². The molecule has 1 saturated carbocycles. The standard InChI is InChI=1S/C33H43BrClN7O2/c1-33(2,28-17-36-20-39-28)19-38-31(43)27-18-41(12-13-42(27)32(44)40-25-6-4-3-5-7-25)30-26-11-10-24(35)15-21(26)8-9-22-14-23(34)16-37-29(22)30/h10-11,14-17,25,27,30,36,39H,3-9,12-13,18-20H2,1-2H3,(H,38,43)(H,40,44)/t27-,30?/m1/s1. The van der Waals surface area contributed by atoms with E-state index in [1.165, 1.54) is 17.5 Å². The van der Waals surface area contributed by atoms with Gasteiger partial charge in [0, 0.05) is 65.2 Å². The van der Waals surface area contributed by atoms with Crippen LogP contribution in [0.25, 0.3) is 0 Å². The first-order valence-electron chi connectivity index (χ1n) is 15.9. The fourth-order valence-corrected chi connectivity index (χ4v) is 7.67. The number of nitrogens with zero attached hydrogens (tertiary/aromatic N) is 3. The van der Waals surface area contributed by atoms with Gasteiger partial charge in [-0.2, -0.15) is 0 Å². The van der Waals surface area contributed by atoms with Gasteiger partial charge in [-0.25, -0.2) is 4.79 Å². The fraction of sp³-hybridized carbons (Fsp3) is 0.545. The number of rotatable bonds is 6. The van der Waals surface area contributed by atoms with Crippen LogP contribution in [0.1, 0.15) is 74.4 Å². The van der Waals surface area contributed by atoms with Crippen molar-refractivity contribution in [3.8, 4) is 0 Å². The number of hydrogen-bond acceptors (Lipinski definition) is 6. The van der Waals surface area contributed by atoms with Crippen molar-refractivity contribution in [1.29, 1.82) is 0 Å². The number of urea groups is 1. The lowest BCUT2D eigenvalue weighted by Gasteiger charge is -2.44. The second-order valence-corrected chi connectivity index (χ2v) is 14.5. The lowest BCUT2D eigenvalue weighted by molar-refractivity contribution is -0.128. The van der Waals surface area contributed by atoms with Gasteiger partial charge in [-0.1, -0.05) is 50.8 Å². The zero-order valence-electron chi connectivity index (χ0n) is 25.6. The van der Waals surface area contributed by atoms with E-state index in [2.05, 4.69) is 74.1 Å². The molecule has 9 nitrogen and oxygen atoms in total. The topological polar surface area (TPSA) is 102 Å². The number of aromatic nitrogens is 1. The first-order chi connectivity index (χ1) is 21.2. The SMILES string of the molecule is CC(C)(CNC(=O)[C@H]1CN(C2c3ccc(Cl)cc3CCc3cc(Br)cnc32)CCN1C(=O)NC1CCCCC1)C1=CNCN1. The second kappa shape index (κ2) is 13.3. The van der Waals surface area contributed by atoms with Crippen LogP contribution in [0.4, 0.5) is 4.79 Å². The van der Waals surface area contributed by atoms with Gasteiger partial charge in [-0.3, -0.25) is 14.7 Å². The van der Waals surface area contributed by atoms with Gasteiger partial charge in [-0.15, -0.1) is 0 Å². The number of aryl methyl sites for hydroxylation is 2. The molecule has 3 heterocycles. The van der Waals surface area contributed by atoms with Crippen LogP contribution in [0.2, 0.25) is 5.02 Å². The Morgan fingerprint density at radius 3 is 2.68 bits per heavy atom. The summed E-state index contributed by atoms with van der Waals surface area (Å²) < 4.78 is 0.949. The van der Waals surface area contributed by atoms with E-state index >= 15 is 0 Å². The van der Waals surface area contributed by atoms with E-state index in [4.69, 9.17) is 16.6 Å². The second-order valence-electron chi connectivity index (χ2n) is 13.1. The molecule has 1 unspecified atom stereocenters. The molecular formula is C33H43BrClN7O2. The number of hydrogen-bond donors (Lipinski definition) is 4. The number of halogens is 2. The number of carbonyl (C=O) groups excluding carboxylic acids is 2. The van der Waals surface area contributed by atoms with E-state index in [0.717, 1.165) is 60.0 Å². The zero-order valence-corrected chi connectivity index (χ0v) is 27.9. The molecule has 2 aliphatic carbocycles. The van der Waals surface area contributed by atoms with Crippen LogP contribution >= 0.6 is 27.5 Å².